The molecule has 4 nitrogen and oxygen atoms in total. The summed E-state index contributed by atoms with van der Waals surface area (Å²) in [6.45, 7) is 4.21. The first-order chi connectivity index (χ1) is 9.01. The maximum absolute atomic E-state index is 13.8. The maximum Gasteiger partial charge on any atom is 0.254 e. The number of benzene rings is 1. The van der Waals surface area contributed by atoms with Crippen molar-refractivity contribution in [3.05, 3.63) is 29.6 Å². The van der Waals surface area contributed by atoms with Gasteiger partial charge in [-0.2, -0.15) is 0 Å². The van der Waals surface area contributed by atoms with Crippen molar-refractivity contribution in [2.24, 2.45) is 5.73 Å². The third kappa shape index (κ3) is 4.08. The highest BCUT2D eigenvalue weighted by Gasteiger charge is 2.27. The van der Waals surface area contributed by atoms with Gasteiger partial charge in [-0.3, -0.25) is 4.79 Å². The van der Waals surface area contributed by atoms with Crippen molar-refractivity contribution in [3.8, 4) is 5.75 Å². The first-order valence-corrected chi connectivity index (χ1v) is 6.38. The predicted octanol–water partition coefficient (Wildman–Crippen LogP) is 2.50. The molecule has 0 fully saturated rings. The zero-order valence-corrected chi connectivity index (χ0v) is 12.8. The average molecular weight is 305 g/mol. The van der Waals surface area contributed by atoms with E-state index in [0.29, 0.717) is 25.1 Å². The van der Waals surface area contributed by atoms with Crippen LogP contribution in [0.5, 0.6) is 5.75 Å². The van der Waals surface area contributed by atoms with Gasteiger partial charge in [0.25, 0.3) is 5.91 Å². The number of amides is 1. The summed E-state index contributed by atoms with van der Waals surface area (Å²) in [5.74, 6) is -0.672. The number of carbonyl (C=O) groups excluding carboxylic acids is 1. The SMILES string of the molecule is CCC(CC)(CN)NC(=O)c1ccc(OC)cc1F.Cl. The molecular weight excluding hydrogens is 283 g/mol. The lowest BCUT2D eigenvalue weighted by atomic mass is 9.92. The Kier molecular flexibility index (Phi) is 7.53. The maximum atomic E-state index is 13.8. The Morgan fingerprint density at radius 3 is 2.40 bits per heavy atom. The molecule has 1 amide bonds. The Morgan fingerprint density at radius 2 is 2.00 bits per heavy atom. The van der Waals surface area contributed by atoms with E-state index in [1.807, 2.05) is 13.8 Å². The zero-order chi connectivity index (χ0) is 14.5. The number of methoxy groups -OCH3 is 1. The number of ether oxygens (including phenoxy) is 1. The monoisotopic (exact) mass is 304 g/mol. The third-order valence-corrected chi connectivity index (χ3v) is 3.54. The molecule has 0 atom stereocenters. The van der Waals surface area contributed by atoms with Crippen LogP contribution < -0.4 is 15.8 Å². The van der Waals surface area contributed by atoms with Crippen molar-refractivity contribution in [2.75, 3.05) is 13.7 Å². The van der Waals surface area contributed by atoms with Gasteiger partial charge in [-0.05, 0) is 25.0 Å². The van der Waals surface area contributed by atoms with Gasteiger partial charge < -0.3 is 15.8 Å². The molecule has 0 heterocycles. The lowest BCUT2D eigenvalue weighted by Gasteiger charge is -2.31. The van der Waals surface area contributed by atoms with Gasteiger partial charge in [0.2, 0.25) is 0 Å². The van der Waals surface area contributed by atoms with Crippen LogP contribution >= 0.6 is 12.4 Å². The number of carbonyl (C=O) groups is 1. The van der Waals surface area contributed by atoms with E-state index in [9.17, 15) is 9.18 Å². The molecule has 6 heteroatoms. The first-order valence-electron chi connectivity index (χ1n) is 6.38. The number of hydrogen-bond donors (Lipinski definition) is 2. The van der Waals surface area contributed by atoms with Gasteiger partial charge in [-0.25, -0.2) is 4.39 Å². The second-order valence-electron chi connectivity index (χ2n) is 4.49. The van der Waals surface area contributed by atoms with Gasteiger partial charge in [0, 0.05) is 12.6 Å². The summed E-state index contributed by atoms with van der Waals surface area (Å²) in [5.41, 5.74) is 5.23. The number of nitrogens with one attached hydrogen (secondary N) is 1. The highest BCUT2D eigenvalue weighted by Crippen LogP contribution is 2.19. The molecule has 0 radical (unpaired) electrons. The zero-order valence-electron chi connectivity index (χ0n) is 12.0. The lowest BCUT2D eigenvalue weighted by molar-refractivity contribution is 0.0891. The molecular formula is C14H22ClFN2O2. The van der Waals surface area contributed by atoms with Crippen LogP contribution in [-0.4, -0.2) is 25.1 Å². The van der Waals surface area contributed by atoms with Crippen molar-refractivity contribution < 1.29 is 13.9 Å². The Labute approximate surface area is 125 Å². The second-order valence-corrected chi connectivity index (χ2v) is 4.49. The van der Waals surface area contributed by atoms with Crippen LogP contribution in [0.4, 0.5) is 4.39 Å². The van der Waals surface area contributed by atoms with Crippen molar-refractivity contribution >= 4 is 18.3 Å². The summed E-state index contributed by atoms with van der Waals surface area (Å²) in [4.78, 5) is 12.1. The molecule has 3 N–H and O–H groups in total. The molecule has 1 rings (SSSR count). The Morgan fingerprint density at radius 1 is 1.40 bits per heavy atom. The Hall–Kier alpha value is -1.33. The molecule has 114 valence electrons. The van der Waals surface area contributed by atoms with Crippen LogP contribution in [0, 0.1) is 5.82 Å². The van der Waals surface area contributed by atoms with Crippen LogP contribution in [0.25, 0.3) is 0 Å². The van der Waals surface area contributed by atoms with Gasteiger partial charge in [-0.15, -0.1) is 12.4 Å². The Bertz CT molecular complexity index is 443. The largest absolute Gasteiger partial charge is 0.497 e. The van der Waals surface area contributed by atoms with E-state index in [2.05, 4.69) is 5.32 Å². The van der Waals surface area contributed by atoms with Gasteiger partial charge >= 0.3 is 0 Å². The number of nitrogens with two attached hydrogens (primary N) is 1. The molecule has 0 unspecified atom stereocenters. The molecule has 0 bridgehead atoms. The van der Waals surface area contributed by atoms with Gasteiger partial charge in [0.05, 0.1) is 18.2 Å². The summed E-state index contributed by atoms with van der Waals surface area (Å²) in [5, 5.41) is 2.83. The molecule has 0 spiro atoms. The van der Waals surface area contributed by atoms with Crippen LogP contribution in [-0.2, 0) is 0 Å². The van der Waals surface area contributed by atoms with Crippen LogP contribution in [0.3, 0.4) is 0 Å². The van der Waals surface area contributed by atoms with Crippen LogP contribution in [0.15, 0.2) is 18.2 Å². The van der Waals surface area contributed by atoms with E-state index in [1.54, 1.807) is 6.07 Å². The molecule has 0 saturated carbocycles. The van der Waals surface area contributed by atoms with Gasteiger partial charge in [0.1, 0.15) is 11.6 Å². The van der Waals surface area contributed by atoms with E-state index in [4.69, 9.17) is 10.5 Å². The molecule has 0 aliphatic rings. The van der Waals surface area contributed by atoms with Gasteiger partial charge in [-0.1, -0.05) is 13.8 Å². The number of rotatable bonds is 6. The van der Waals surface area contributed by atoms with E-state index in [0.717, 1.165) is 0 Å². The molecule has 20 heavy (non-hydrogen) atoms. The minimum Gasteiger partial charge on any atom is -0.497 e. The molecule has 0 saturated heterocycles. The standard InChI is InChI=1S/C14H21FN2O2.ClH/c1-4-14(5-2,9-16)17-13(18)11-7-6-10(19-3)8-12(11)15;/h6-8H,4-5,9,16H2,1-3H3,(H,17,18);1H. The fourth-order valence-electron chi connectivity index (χ4n) is 1.88. The second kappa shape index (κ2) is 8.07. The van der Waals surface area contributed by atoms with Crippen molar-refractivity contribution in [1.29, 1.82) is 0 Å². The molecule has 0 aliphatic heterocycles. The van der Waals surface area contributed by atoms with Crippen LogP contribution in [0.1, 0.15) is 37.0 Å². The van der Waals surface area contributed by atoms with E-state index >= 15 is 0 Å². The van der Waals surface area contributed by atoms with Crippen molar-refractivity contribution in [2.45, 2.75) is 32.2 Å². The fraction of sp³-hybridized carbons (Fsp3) is 0.500. The molecule has 1 aromatic rings. The quantitative estimate of drug-likeness (QED) is 0.848. The minimum atomic E-state index is -0.602. The van der Waals surface area contributed by atoms with E-state index in [1.165, 1.54) is 19.2 Å². The van der Waals surface area contributed by atoms with E-state index < -0.39 is 17.3 Å². The number of halogens is 2. The number of hydrogen-bond acceptors (Lipinski definition) is 3. The Balaban J connectivity index is 0.00000361. The molecule has 0 aliphatic carbocycles. The summed E-state index contributed by atoms with van der Waals surface area (Å²) < 4.78 is 18.7. The summed E-state index contributed by atoms with van der Waals surface area (Å²) in [6, 6.07) is 4.16. The van der Waals surface area contributed by atoms with E-state index in [-0.39, 0.29) is 18.0 Å². The minimum absolute atomic E-state index is 0. The summed E-state index contributed by atoms with van der Waals surface area (Å²) >= 11 is 0. The molecule has 0 aromatic heterocycles. The molecule has 1 aromatic carbocycles. The predicted molar refractivity (Wildman–Crippen MR) is 80.0 cm³/mol. The van der Waals surface area contributed by atoms with Crippen molar-refractivity contribution in [1.82, 2.24) is 5.32 Å². The highest BCUT2D eigenvalue weighted by molar-refractivity contribution is 5.95. The van der Waals surface area contributed by atoms with Crippen LogP contribution in [0.2, 0.25) is 0 Å². The topological polar surface area (TPSA) is 64.3 Å². The van der Waals surface area contributed by atoms with Gasteiger partial charge in [0.15, 0.2) is 0 Å². The smallest absolute Gasteiger partial charge is 0.254 e. The average Bonchev–Trinajstić information content (AvgIpc) is 2.44. The lowest BCUT2D eigenvalue weighted by Crippen LogP contribution is -2.53. The highest BCUT2D eigenvalue weighted by atomic mass is 35.5. The van der Waals surface area contributed by atoms with Crippen molar-refractivity contribution in [3.63, 3.8) is 0 Å². The summed E-state index contributed by atoms with van der Waals surface area (Å²) in [6.07, 6.45) is 1.40. The summed E-state index contributed by atoms with van der Waals surface area (Å²) in [7, 11) is 1.45. The normalized spacial score (nSPS) is 10.7. The first kappa shape index (κ1) is 18.7. The third-order valence-electron chi connectivity index (χ3n) is 3.54. The fourth-order valence-corrected chi connectivity index (χ4v) is 1.88.